The van der Waals surface area contributed by atoms with Crippen molar-refractivity contribution in [1.29, 1.82) is 0 Å². The van der Waals surface area contributed by atoms with Crippen LogP contribution in [0.25, 0.3) is 33.0 Å². The summed E-state index contributed by atoms with van der Waals surface area (Å²) in [5.41, 5.74) is 6.68. The third kappa shape index (κ3) is 5.46. The van der Waals surface area contributed by atoms with E-state index in [0.717, 1.165) is 38.5 Å². The molecule has 0 radical (unpaired) electrons. The molecule has 172 valence electrons. The second kappa shape index (κ2) is 10.4. The highest BCUT2D eigenvalue weighted by Gasteiger charge is 2.10. The first-order valence-corrected chi connectivity index (χ1v) is 12.6. The minimum Gasteiger partial charge on any atom is -0.348 e. The molecule has 35 heavy (non-hydrogen) atoms. The van der Waals surface area contributed by atoms with Crippen LogP contribution in [0.5, 0.6) is 0 Å². The van der Waals surface area contributed by atoms with Crippen molar-refractivity contribution in [3.8, 4) is 33.0 Å². The number of hydrogen-bond donors (Lipinski definition) is 1. The Balaban J connectivity index is 1.26. The van der Waals surface area contributed by atoms with Crippen molar-refractivity contribution in [2.24, 2.45) is 0 Å². The van der Waals surface area contributed by atoms with Crippen LogP contribution >= 0.6 is 34.5 Å². The summed E-state index contributed by atoms with van der Waals surface area (Å²) in [5.74, 6) is -0.0858. The zero-order valence-electron chi connectivity index (χ0n) is 18.5. The van der Waals surface area contributed by atoms with Crippen molar-refractivity contribution in [2.75, 3.05) is 0 Å². The van der Waals surface area contributed by atoms with E-state index in [0.29, 0.717) is 22.2 Å². The summed E-state index contributed by atoms with van der Waals surface area (Å²) in [5, 5.41) is 6.96. The molecule has 0 fully saturated rings. The first-order valence-electron chi connectivity index (χ1n) is 11.0. The number of nitrogens with zero attached hydrogens (tertiary/aromatic N) is 1. The minimum atomic E-state index is -0.0858. The molecule has 1 heterocycles. The summed E-state index contributed by atoms with van der Waals surface area (Å²) in [6, 6.07) is 31.3. The van der Waals surface area contributed by atoms with E-state index in [1.807, 2.05) is 72.1 Å². The molecule has 0 atom stereocenters. The second-order valence-electron chi connectivity index (χ2n) is 7.99. The van der Waals surface area contributed by atoms with Gasteiger partial charge in [0, 0.05) is 28.6 Å². The van der Waals surface area contributed by atoms with Gasteiger partial charge >= 0.3 is 0 Å². The molecule has 0 saturated heterocycles. The van der Waals surface area contributed by atoms with Crippen LogP contribution in [0.2, 0.25) is 10.0 Å². The van der Waals surface area contributed by atoms with Crippen molar-refractivity contribution in [1.82, 2.24) is 10.3 Å². The van der Waals surface area contributed by atoms with Crippen molar-refractivity contribution < 1.29 is 4.79 Å². The zero-order chi connectivity index (χ0) is 24.2. The standard InChI is InChI=1S/C29H20Cl2N2OS/c30-25-15-14-24(16-26(25)31)27-18-35-29(33-27)23-12-8-21(9-13-23)20-6-10-22(11-7-20)28(34)32-17-19-4-2-1-3-5-19/h1-16,18H,17H2,(H,32,34). The molecular formula is C29H20Cl2N2OS. The predicted octanol–water partition coefficient (Wildman–Crippen LogP) is 8.38. The van der Waals surface area contributed by atoms with Crippen LogP contribution < -0.4 is 5.32 Å². The summed E-state index contributed by atoms with van der Waals surface area (Å²) >= 11 is 13.8. The summed E-state index contributed by atoms with van der Waals surface area (Å²) in [6.07, 6.45) is 0. The number of nitrogens with one attached hydrogen (secondary N) is 1. The van der Waals surface area contributed by atoms with Gasteiger partial charge in [0.25, 0.3) is 5.91 Å². The topological polar surface area (TPSA) is 42.0 Å². The molecule has 5 aromatic rings. The largest absolute Gasteiger partial charge is 0.348 e. The Kier molecular flexibility index (Phi) is 6.96. The van der Waals surface area contributed by atoms with Crippen LogP contribution in [0.15, 0.2) is 102 Å². The molecule has 1 amide bonds. The monoisotopic (exact) mass is 514 g/mol. The van der Waals surface area contributed by atoms with Gasteiger partial charge in [-0.1, -0.05) is 96.0 Å². The van der Waals surface area contributed by atoms with Gasteiger partial charge in [0.1, 0.15) is 5.01 Å². The van der Waals surface area contributed by atoms with Gasteiger partial charge in [-0.05, 0) is 41.0 Å². The van der Waals surface area contributed by atoms with Gasteiger partial charge in [-0.25, -0.2) is 4.98 Å². The quantitative estimate of drug-likeness (QED) is 0.247. The molecule has 0 aliphatic carbocycles. The molecule has 4 aromatic carbocycles. The van der Waals surface area contributed by atoms with E-state index >= 15 is 0 Å². The molecule has 1 aromatic heterocycles. The second-order valence-corrected chi connectivity index (χ2v) is 9.66. The number of rotatable bonds is 6. The van der Waals surface area contributed by atoms with Gasteiger partial charge in [-0.2, -0.15) is 0 Å². The maximum Gasteiger partial charge on any atom is 0.251 e. The van der Waals surface area contributed by atoms with E-state index in [4.69, 9.17) is 28.2 Å². The number of hydrogen-bond acceptors (Lipinski definition) is 3. The molecule has 0 unspecified atom stereocenters. The maximum absolute atomic E-state index is 12.5. The summed E-state index contributed by atoms with van der Waals surface area (Å²) < 4.78 is 0. The lowest BCUT2D eigenvalue weighted by atomic mass is 10.0. The molecule has 0 aliphatic heterocycles. The fourth-order valence-electron chi connectivity index (χ4n) is 3.69. The van der Waals surface area contributed by atoms with Gasteiger partial charge in [0.2, 0.25) is 0 Å². The lowest BCUT2D eigenvalue weighted by Gasteiger charge is -2.07. The van der Waals surface area contributed by atoms with Crippen LogP contribution in [0.4, 0.5) is 0 Å². The van der Waals surface area contributed by atoms with Crippen molar-refractivity contribution in [2.45, 2.75) is 6.54 Å². The van der Waals surface area contributed by atoms with Crippen molar-refractivity contribution >= 4 is 40.4 Å². The summed E-state index contributed by atoms with van der Waals surface area (Å²) in [6.45, 7) is 0.506. The molecule has 3 nitrogen and oxygen atoms in total. The predicted molar refractivity (Wildman–Crippen MR) is 146 cm³/mol. The van der Waals surface area contributed by atoms with E-state index in [-0.39, 0.29) is 5.91 Å². The Morgan fingerprint density at radius 3 is 2.06 bits per heavy atom. The van der Waals surface area contributed by atoms with Crippen LogP contribution in [-0.2, 0) is 6.54 Å². The summed E-state index contributed by atoms with van der Waals surface area (Å²) in [7, 11) is 0. The van der Waals surface area contributed by atoms with E-state index < -0.39 is 0 Å². The number of thiazole rings is 1. The van der Waals surface area contributed by atoms with Gasteiger partial charge < -0.3 is 5.32 Å². The highest BCUT2D eigenvalue weighted by atomic mass is 35.5. The van der Waals surface area contributed by atoms with Gasteiger partial charge in [0.15, 0.2) is 0 Å². The first kappa shape index (κ1) is 23.3. The normalized spacial score (nSPS) is 10.8. The number of carbonyl (C=O) groups excluding carboxylic acids is 1. The van der Waals surface area contributed by atoms with E-state index in [2.05, 4.69) is 29.6 Å². The molecule has 6 heteroatoms. The first-order chi connectivity index (χ1) is 17.1. The number of amides is 1. The lowest BCUT2D eigenvalue weighted by molar-refractivity contribution is 0.0951. The molecule has 0 aliphatic rings. The van der Waals surface area contributed by atoms with Crippen LogP contribution in [0.1, 0.15) is 15.9 Å². The highest BCUT2D eigenvalue weighted by molar-refractivity contribution is 7.13. The molecule has 0 saturated carbocycles. The molecule has 1 N–H and O–H groups in total. The van der Waals surface area contributed by atoms with Gasteiger partial charge in [-0.15, -0.1) is 11.3 Å². The average molecular weight is 515 g/mol. The maximum atomic E-state index is 12.5. The third-order valence-corrected chi connectivity index (χ3v) is 7.26. The van der Waals surface area contributed by atoms with Gasteiger partial charge in [0.05, 0.1) is 15.7 Å². The molecule has 0 spiro atoms. The van der Waals surface area contributed by atoms with Crippen molar-refractivity contribution in [3.63, 3.8) is 0 Å². The highest BCUT2D eigenvalue weighted by Crippen LogP contribution is 2.33. The van der Waals surface area contributed by atoms with E-state index in [1.54, 1.807) is 17.4 Å². The Bertz CT molecular complexity index is 1460. The SMILES string of the molecule is O=C(NCc1ccccc1)c1ccc(-c2ccc(-c3nc(-c4ccc(Cl)c(Cl)c4)cs3)cc2)cc1. The van der Waals surface area contributed by atoms with E-state index in [1.165, 1.54) is 0 Å². The minimum absolute atomic E-state index is 0.0858. The number of halogens is 2. The molecule has 0 bridgehead atoms. The van der Waals surface area contributed by atoms with Crippen LogP contribution in [0.3, 0.4) is 0 Å². The summed E-state index contributed by atoms with van der Waals surface area (Å²) in [4.78, 5) is 17.2. The Morgan fingerprint density at radius 1 is 0.743 bits per heavy atom. The Morgan fingerprint density at radius 2 is 1.37 bits per heavy atom. The van der Waals surface area contributed by atoms with Crippen LogP contribution in [0, 0.1) is 0 Å². The fourth-order valence-corrected chi connectivity index (χ4v) is 4.83. The number of aromatic nitrogens is 1. The number of benzene rings is 4. The molecule has 5 rings (SSSR count). The van der Waals surface area contributed by atoms with Crippen molar-refractivity contribution in [3.05, 3.63) is 124 Å². The average Bonchev–Trinajstić information content (AvgIpc) is 3.40. The molecular weight excluding hydrogens is 495 g/mol. The third-order valence-electron chi connectivity index (χ3n) is 5.63. The smallest absolute Gasteiger partial charge is 0.251 e. The Labute approximate surface area is 218 Å². The van der Waals surface area contributed by atoms with E-state index in [9.17, 15) is 4.79 Å². The zero-order valence-corrected chi connectivity index (χ0v) is 20.9. The van der Waals surface area contributed by atoms with Gasteiger partial charge in [-0.3, -0.25) is 4.79 Å². The number of carbonyl (C=O) groups is 1. The lowest BCUT2D eigenvalue weighted by Crippen LogP contribution is -2.22. The van der Waals surface area contributed by atoms with Crippen LogP contribution in [-0.4, -0.2) is 10.9 Å². The fraction of sp³-hybridized carbons (Fsp3) is 0.0345. The Hall–Kier alpha value is -3.44.